The lowest BCUT2D eigenvalue weighted by molar-refractivity contribution is -0.137. The number of carbonyl (C=O) groups excluding carboxylic acids is 2. The summed E-state index contributed by atoms with van der Waals surface area (Å²) in [6, 6.07) is 1.59. The summed E-state index contributed by atoms with van der Waals surface area (Å²) in [6.07, 6.45) is -1.33. The molecular weight excluding hydrogens is 467 g/mol. The third kappa shape index (κ3) is 6.72. The van der Waals surface area contributed by atoms with E-state index in [0.717, 1.165) is 17.7 Å². The molecule has 1 aromatic carbocycles. The Bertz CT molecular complexity index is 945. The average molecular weight is 500 g/mol. The maximum absolute atomic E-state index is 15.5. The number of primary amides is 1. The van der Waals surface area contributed by atoms with Crippen LogP contribution in [0.4, 0.5) is 13.2 Å². The van der Waals surface area contributed by atoms with Crippen LogP contribution in [0, 0.1) is 5.82 Å². The first-order valence-corrected chi connectivity index (χ1v) is 11.9. The molecule has 3 rings (SSSR count). The summed E-state index contributed by atoms with van der Waals surface area (Å²) in [4.78, 5) is 36.8. The number of ether oxygens (including phenoxy) is 1. The van der Waals surface area contributed by atoms with Gasteiger partial charge in [-0.3, -0.25) is 14.4 Å². The molecule has 194 valence electrons. The summed E-state index contributed by atoms with van der Waals surface area (Å²) < 4.78 is 46.5. The molecule has 0 saturated carbocycles. The molecule has 2 heterocycles. The topological polar surface area (TPSA) is 122 Å². The minimum Gasteiger partial charge on any atom is -0.481 e. The first-order chi connectivity index (χ1) is 16.6. The molecule has 2 aliphatic heterocycles. The lowest BCUT2D eigenvalue weighted by Gasteiger charge is -2.35. The van der Waals surface area contributed by atoms with Gasteiger partial charge in [-0.15, -0.1) is 0 Å². The lowest BCUT2D eigenvalue weighted by atomic mass is 9.93. The van der Waals surface area contributed by atoms with Gasteiger partial charge in [-0.1, -0.05) is 6.07 Å². The Morgan fingerprint density at radius 3 is 2.69 bits per heavy atom. The Morgan fingerprint density at radius 2 is 2.03 bits per heavy atom. The number of hydrogen-bond acceptors (Lipinski definition) is 5. The van der Waals surface area contributed by atoms with Crippen LogP contribution >= 0.6 is 0 Å². The summed E-state index contributed by atoms with van der Waals surface area (Å²) >= 11 is 0. The van der Waals surface area contributed by atoms with Gasteiger partial charge in [0.1, 0.15) is 11.9 Å². The molecule has 11 heteroatoms. The number of benzene rings is 1. The van der Waals surface area contributed by atoms with Gasteiger partial charge in [-0.2, -0.15) is 0 Å². The van der Waals surface area contributed by atoms with Gasteiger partial charge in [-0.05, 0) is 44.2 Å². The monoisotopic (exact) mass is 499 g/mol. The van der Waals surface area contributed by atoms with Crippen LogP contribution in [0.2, 0.25) is 0 Å². The summed E-state index contributed by atoms with van der Waals surface area (Å²) in [7, 11) is 0. The second-order valence-corrected chi connectivity index (χ2v) is 9.25. The molecule has 4 atom stereocenters. The maximum Gasteiger partial charge on any atom is 0.303 e. The van der Waals surface area contributed by atoms with Crippen molar-refractivity contribution < 1.29 is 37.4 Å². The normalized spacial score (nSPS) is 21.7. The van der Waals surface area contributed by atoms with Crippen molar-refractivity contribution in [2.24, 2.45) is 5.73 Å². The van der Waals surface area contributed by atoms with Gasteiger partial charge in [0.15, 0.2) is 0 Å². The van der Waals surface area contributed by atoms with Crippen LogP contribution in [0.25, 0.3) is 0 Å². The van der Waals surface area contributed by atoms with E-state index in [-0.39, 0.29) is 61.5 Å². The van der Waals surface area contributed by atoms with Gasteiger partial charge in [0.05, 0.1) is 12.6 Å². The Kier molecular flexibility index (Phi) is 9.12. The van der Waals surface area contributed by atoms with Crippen LogP contribution in [-0.2, 0) is 27.3 Å². The number of halogens is 3. The highest BCUT2D eigenvalue weighted by atomic mass is 19.3. The molecule has 0 aromatic heterocycles. The zero-order valence-electron chi connectivity index (χ0n) is 19.6. The third-order valence-corrected chi connectivity index (χ3v) is 6.66. The van der Waals surface area contributed by atoms with Crippen molar-refractivity contribution in [3.8, 4) is 0 Å². The second-order valence-electron chi connectivity index (χ2n) is 9.25. The quantitative estimate of drug-likeness (QED) is 0.407. The predicted molar refractivity (Wildman–Crippen MR) is 120 cm³/mol. The number of nitrogens with two attached hydrogens (primary N) is 1. The summed E-state index contributed by atoms with van der Waals surface area (Å²) in [5.41, 5.74) is 6.00. The molecule has 1 saturated heterocycles. The Morgan fingerprint density at radius 1 is 1.29 bits per heavy atom. The number of alkyl halides is 2. The van der Waals surface area contributed by atoms with E-state index in [0.29, 0.717) is 18.6 Å². The molecule has 1 fully saturated rings. The van der Waals surface area contributed by atoms with Gasteiger partial charge >= 0.3 is 5.97 Å². The zero-order chi connectivity index (χ0) is 25.7. The van der Waals surface area contributed by atoms with Crippen LogP contribution in [-0.4, -0.2) is 65.1 Å². The van der Waals surface area contributed by atoms with E-state index in [2.05, 4.69) is 5.32 Å². The van der Waals surface area contributed by atoms with E-state index in [1.807, 2.05) is 6.92 Å². The van der Waals surface area contributed by atoms with Gasteiger partial charge < -0.3 is 25.8 Å². The Labute approximate surface area is 202 Å². The van der Waals surface area contributed by atoms with E-state index >= 15 is 4.39 Å². The zero-order valence-corrected chi connectivity index (χ0v) is 19.6. The third-order valence-electron chi connectivity index (χ3n) is 6.66. The largest absolute Gasteiger partial charge is 0.481 e. The lowest BCUT2D eigenvalue weighted by Crippen LogP contribution is -2.49. The smallest absolute Gasteiger partial charge is 0.303 e. The van der Waals surface area contributed by atoms with Crippen molar-refractivity contribution >= 4 is 17.8 Å². The number of carbonyl (C=O) groups is 3. The number of hydrogen-bond donors (Lipinski definition) is 3. The van der Waals surface area contributed by atoms with Crippen LogP contribution in [0.15, 0.2) is 12.1 Å². The highest BCUT2D eigenvalue weighted by Crippen LogP contribution is 2.31. The number of nitrogens with zero attached hydrogens (tertiary/aromatic N) is 1. The second kappa shape index (κ2) is 11.9. The van der Waals surface area contributed by atoms with Crippen LogP contribution in [0.3, 0.4) is 0 Å². The minimum atomic E-state index is -2.36. The van der Waals surface area contributed by atoms with Crippen LogP contribution in [0.1, 0.15) is 66.9 Å². The van der Waals surface area contributed by atoms with Crippen molar-refractivity contribution in [1.29, 1.82) is 0 Å². The van der Waals surface area contributed by atoms with Crippen LogP contribution < -0.4 is 11.1 Å². The summed E-state index contributed by atoms with van der Waals surface area (Å²) in [5.74, 6) is -3.12. The fourth-order valence-electron chi connectivity index (χ4n) is 4.82. The molecule has 2 aliphatic rings. The molecule has 0 spiro atoms. The van der Waals surface area contributed by atoms with Crippen molar-refractivity contribution in [3.05, 3.63) is 34.6 Å². The number of carboxylic acids is 1. The number of aliphatic carboxylic acids is 1. The molecule has 1 unspecified atom stereocenters. The molecule has 2 amide bonds. The molecular formula is C24H32F3N3O5. The van der Waals surface area contributed by atoms with E-state index < -0.39 is 36.1 Å². The number of carboxylic acid groups (broad SMARTS) is 1. The Hall–Kier alpha value is -2.66. The Balaban J connectivity index is 1.73. The van der Waals surface area contributed by atoms with Crippen molar-refractivity contribution in [3.63, 3.8) is 0 Å². The SMILES string of the molecule is CC(CCC(F)F)N[C@H]1CCCO[C@@H]1Cc1ccc2c(c1F)CN([C@@H](CCC(=O)O)C(N)=O)C2=O. The molecule has 4 N–H and O–H groups in total. The average Bonchev–Trinajstić information content (AvgIpc) is 3.12. The fraction of sp³-hybridized carbons (Fsp3) is 0.625. The van der Waals surface area contributed by atoms with Gasteiger partial charge in [-0.25, -0.2) is 13.2 Å². The standard InChI is InChI=1S/C24H32F3N3O5/c1-13(4-8-20(25)26)29-17-3-2-10-35-19(17)11-14-5-6-15-16(22(14)27)12-30(24(15)34)18(23(28)33)7-9-21(31)32/h5-6,13,17-20,29H,2-4,7-12H2,1H3,(H2,28,33)(H,31,32)/t13?,17-,18-,19+/m0/s1. The van der Waals surface area contributed by atoms with Gasteiger partial charge in [0.2, 0.25) is 12.3 Å². The van der Waals surface area contributed by atoms with Crippen molar-refractivity contribution in [2.75, 3.05) is 6.61 Å². The highest BCUT2D eigenvalue weighted by Gasteiger charge is 2.38. The molecule has 0 bridgehead atoms. The molecule has 35 heavy (non-hydrogen) atoms. The van der Waals surface area contributed by atoms with Crippen molar-refractivity contribution in [2.45, 2.75) is 89.1 Å². The molecule has 8 nitrogen and oxygen atoms in total. The highest BCUT2D eigenvalue weighted by molar-refractivity contribution is 6.01. The number of nitrogens with one attached hydrogen (secondary N) is 1. The maximum atomic E-state index is 15.5. The van der Waals surface area contributed by atoms with Crippen molar-refractivity contribution in [1.82, 2.24) is 10.2 Å². The van der Waals surface area contributed by atoms with E-state index in [1.165, 1.54) is 12.1 Å². The first-order valence-electron chi connectivity index (χ1n) is 11.9. The molecule has 1 aromatic rings. The number of amides is 2. The van der Waals surface area contributed by atoms with E-state index in [9.17, 15) is 23.2 Å². The summed E-state index contributed by atoms with van der Waals surface area (Å²) in [6.45, 7) is 2.17. The first kappa shape index (κ1) is 26.9. The number of fused-ring (bicyclic) bond motifs is 1. The minimum absolute atomic E-state index is 0.118. The summed E-state index contributed by atoms with van der Waals surface area (Å²) in [5, 5.41) is 12.3. The van der Waals surface area contributed by atoms with E-state index in [4.69, 9.17) is 15.6 Å². The molecule has 0 aliphatic carbocycles. The predicted octanol–water partition coefficient (Wildman–Crippen LogP) is 2.61. The van der Waals surface area contributed by atoms with Gasteiger partial charge in [0, 0.05) is 49.1 Å². The van der Waals surface area contributed by atoms with Crippen LogP contribution in [0.5, 0.6) is 0 Å². The molecule has 0 radical (unpaired) electrons. The number of rotatable bonds is 12. The van der Waals surface area contributed by atoms with E-state index in [1.54, 1.807) is 0 Å². The fourth-order valence-corrected chi connectivity index (χ4v) is 4.82. The van der Waals surface area contributed by atoms with Gasteiger partial charge in [0.25, 0.3) is 5.91 Å².